The SMILES string of the molecule is CC(O)CCNC(=O)OC(C)(C)C.Fc1ccccc1P. The van der Waals surface area contributed by atoms with E-state index in [4.69, 9.17) is 9.84 Å². The van der Waals surface area contributed by atoms with E-state index in [-0.39, 0.29) is 5.82 Å². The van der Waals surface area contributed by atoms with Crippen LogP contribution in [-0.2, 0) is 4.74 Å². The Morgan fingerprint density at radius 1 is 1.43 bits per heavy atom. The van der Waals surface area contributed by atoms with Crippen molar-refractivity contribution in [1.82, 2.24) is 5.32 Å². The van der Waals surface area contributed by atoms with Crippen molar-refractivity contribution in [3.63, 3.8) is 0 Å². The van der Waals surface area contributed by atoms with Crippen molar-refractivity contribution in [2.45, 2.75) is 45.8 Å². The molecule has 4 nitrogen and oxygen atoms in total. The van der Waals surface area contributed by atoms with Gasteiger partial charge in [-0.3, -0.25) is 0 Å². The highest BCUT2D eigenvalue weighted by molar-refractivity contribution is 7.27. The van der Waals surface area contributed by atoms with Crippen LogP contribution in [0.25, 0.3) is 0 Å². The molecule has 120 valence electrons. The number of amides is 1. The van der Waals surface area contributed by atoms with Crippen molar-refractivity contribution in [3.8, 4) is 0 Å². The van der Waals surface area contributed by atoms with Gasteiger partial charge in [0, 0.05) is 11.8 Å². The summed E-state index contributed by atoms with van der Waals surface area (Å²) in [7, 11) is 2.31. The Morgan fingerprint density at radius 2 is 2.00 bits per heavy atom. The van der Waals surface area contributed by atoms with Crippen molar-refractivity contribution >= 4 is 20.6 Å². The lowest BCUT2D eigenvalue weighted by atomic mass is 10.2. The number of carbonyl (C=O) groups is 1. The molecule has 0 aliphatic heterocycles. The Hall–Kier alpha value is -1.19. The fourth-order valence-electron chi connectivity index (χ4n) is 1.17. The quantitative estimate of drug-likeness (QED) is 0.843. The van der Waals surface area contributed by atoms with Crippen molar-refractivity contribution in [2.24, 2.45) is 0 Å². The lowest BCUT2D eigenvalue weighted by molar-refractivity contribution is 0.0520. The number of hydrogen-bond acceptors (Lipinski definition) is 3. The van der Waals surface area contributed by atoms with Crippen molar-refractivity contribution in [1.29, 1.82) is 0 Å². The van der Waals surface area contributed by atoms with Crippen LogP contribution in [0.15, 0.2) is 24.3 Å². The number of carbonyl (C=O) groups excluding carboxylic acids is 1. The molecule has 1 amide bonds. The molecular formula is C15H25FNO3P. The first-order chi connectivity index (χ1) is 9.61. The fourth-order valence-corrected chi connectivity index (χ4v) is 1.38. The van der Waals surface area contributed by atoms with Gasteiger partial charge in [-0.1, -0.05) is 18.2 Å². The van der Waals surface area contributed by atoms with Gasteiger partial charge >= 0.3 is 6.09 Å². The first-order valence-corrected chi connectivity index (χ1v) is 7.34. The van der Waals surface area contributed by atoms with Gasteiger partial charge in [-0.15, -0.1) is 9.24 Å². The Balaban J connectivity index is 0.000000423. The minimum absolute atomic E-state index is 0.169. The smallest absolute Gasteiger partial charge is 0.407 e. The number of aliphatic hydroxyl groups is 1. The van der Waals surface area contributed by atoms with Gasteiger partial charge in [0.2, 0.25) is 0 Å². The molecule has 0 aromatic heterocycles. The van der Waals surface area contributed by atoms with Crippen LogP contribution in [0.1, 0.15) is 34.1 Å². The first kappa shape index (κ1) is 19.8. The topological polar surface area (TPSA) is 58.6 Å². The van der Waals surface area contributed by atoms with E-state index in [0.29, 0.717) is 18.3 Å². The van der Waals surface area contributed by atoms with E-state index in [1.54, 1.807) is 45.9 Å². The van der Waals surface area contributed by atoms with E-state index >= 15 is 0 Å². The Bertz CT molecular complexity index is 412. The molecule has 0 saturated carbocycles. The molecule has 0 bridgehead atoms. The second kappa shape index (κ2) is 9.69. The number of hydrogen-bond donors (Lipinski definition) is 2. The predicted molar refractivity (Wildman–Crippen MR) is 86.3 cm³/mol. The van der Waals surface area contributed by atoms with Crippen LogP contribution >= 0.6 is 9.24 Å². The molecule has 1 rings (SSSR count). The zero-order valence-corrected chi connectivity index (χ0v) is 14.2. The van der Waals surface area contributed by atoms with Crippen LogP contribution in [0, 0.1) is 5.82 Å². The molecule has 6 heteroatoms. The summed E-state index contributed by atoms with van der Waals surface area (Å²) in [5.74, 6) is -0.169. The van der Waals surface area contributed by atoms with Crippen LogP contribution < -0.4 is 10.6 Å². The Labute approximate surface area is 128 Å². The molecule has 0 saturated heterocycles. The van der Waals surface area contributed by atoms with Gasteiger partial charge in [-0.2, -0.15) is 0 Å². The molecule has 21 heavy (non-hydrogen) atoms. The summed E-state index contributed by atoms with van der Waals surface area (Å²) < 4.78 is 17.3. The van der Waals surface area contributed by atoms with Crippen LogP contribution in [0.4, 0.5) is 9.18 Å². The minimum atomic E-state index is -0.463. The maximum atomic E-state index is 12.3. The van der Waals surface area contributed by atoms with Gasteiger partial charge in [0.05, 0.1) is 6.10 Å². The number of benzene rings is 1. The average Bonchev–Trinajstić information content (AvgIpc) is 2.31. The summed E-state index contributed by atoms with van der Waals surface area (Å²) in [6.07, 6.45) is -0.290. The monoisotopic (exact) mass is 317 g/mol. The Morgan fingerprint density at radius 3 is 2.38 bits per heavy atom. The van der Waals surface area contributed by atoms with Gasteiger partial charge in [0.25, 0.3) is 0 Å². The second-order valence-electron chi connectivity index (χ2n) is 5.59. The molecule has 2 unspecified atom stereocenters. The molecule has 2 atom stereocenters. The normalized spacial score (nSPS) is 12.0. The third-order valence-electron chi connectivity index (χ3n) is 2.14. The summed E-state index contributed by atoms with van der Waals surface area (Å²) in [6.45, 7) is 7.53. The largest absolute Gasteiger partial charge is 0.444 e. The fraction of sp³-hybridized carbons (Fsp3) is 0.533. The van der Waals surface area contributed by atoms with Gasteiger partial charge in [-0.25, -0.2) is 9.18 Å². The molecule has 0 fully saturated rings. The van der Waals surface area contributed by atoms with Crippen LogP contribution in [0.5, 0.6) is 0 Å². The standard InChI is InChI=1S/C9H19NO3.C6H6FP/c1-7(11)5-6-10-8(12)13-9(2,3)4;7-5-3-1-2-4-6(5)8/h7,11H,5-6H2,1-4H3,(H,10,12);1-4H,8H2. The molecule has 0 heterocycles. The van der Waals surface area contributed by atoms with Crippen LogP contribution in [0.3, 0.4) is 0 Å². The highest BCUT2D eigenvalue weighted by Gasteiger charge is 2.15. The molecule has 1 aromatic carbocycles. The van der Waals surface area contributed by atoms with Crippen molar-refractivity contribution in [3.05, 3.63) is 30.1 Å². The van der Waals surface area contributed by atoms with E-state index in [1.807, 2.05) is 0 Å². The summed E-state index contributed by atoms with van der Waals surface area (Å²) in [5, 5.41) is 12.1. The lowest BCUT2D eigenvalue weighted by Gasteiger charge is -2.19. The summed E-state index contributed by atoms with van der Waals surface area (Å²) >= 11 is 0. The van der Waals surface area contributed by atoms with Crippen LogP contribution in [-0.4, -0.2) is 29.4 Å². The number of alkyl carbamates (subject to hydrolysis) is 1. The number of halogens is 1. The molecule has 0 aliphatic carbocycles. The van der Waals surface area contributed by atoms with E-state index in [9.17, 15) is 9.18 Å². The molecule has 2 N–H and O–H groups in total. The third kappa shape index (κ3) is 12.3. The van der Waals surface area contributed by atoms with Crippen molar-refractivity contribution in [2.75, 3.05) is 6.54 Å². The first-order valence-electron chi connectivity index (χ1n) is 6.76. The predicted octanol–water partition coefficient (Wildman–Crippen LogP) is 2.61. The molecule has 0 aliphatic rings. The van der Waals surface area contributed by atoms with Gasteiger partial charge < -0.3 is 15.2 Å². The van der Waals surface area contributed by atoms with E-state index in [2.05, 4.69) is 14.6 Å². The number of rotatable bonds is 3. The molecule has 1 aromatic rings. The van der Waals surface area contributed by atoms with E-state index in [0.717, 1.165) is 0 Å². The average molecular weight is 317 g/mol. The summed E-state index contributed by atoms with van der Waals surface area (Å²) in [6, 6.07) is 6.61. The van der Waals surface area contributed by atoms with E-state index in [1.165, 1.54) is 6.07 Å². The highest BCUT2D eigenvalue weighted by atomic mass is 31.0. The third-order valence-corrected chi connectivity index (χ3v) is 2.60. The zero-order valence-electron chi connectivity index (χ0n) is 13.0. The van der Waals surface area contributed by atoms with Crippen LogP contribution in [0.2, 0.25) is 0 Å². The maximum absolute atomic E-state index is 12.3. The second-order valence-corrected chi connectivity index (χ2v) is 6.21. The van der Waals surface area contributed by atoms with Gasteiger partial charge in [0.1, 0.15) is 11.4 Å². The number of nitrogens with one attached hydrogen (secondary N) is 1. The zero-order chi connectivity index (χ0) is 16.5. The Kier molecular flexibility index (Phi) is 9.14. The van der Waals surface area contributed by atoms with Crippen molar-refractivity contribution < 1.29 is 19.0 Å². The number of aliphatic hydroxyl groups excluding tert-OH is 1. The molecular weight excluding hydrogens is 292 g/mol. The van der Waals surface area contributed by atoms with Gasteiger partial charge in [-0.05, 0) is 40.2 Å². The maximum Gasteiger partial charge on any atom is 0.407 e. The molecule has 0 radical (unpaired) electrons. The van der Waals surface area contributed by atoms with E-state index < -0.39 is 17.8 Å². The molecule has 0 spiro atoms. The highest BCUT2D eigenvalue weighted by Crippen LogP contribution is 2.06. The lowest BCUT2D eigenvalue weighted by Crippen LogP contribution is -2.33. The van der Waals surface area contributed by atoms with Gasteiger partial charge in [0.15, 0.2) is 0 Å². The number of ether oxygens (including phenoxy) is 1. The summed E-state index contributed by atoms with van der Waals surface area (Å²) in [4.78, 5) is 11.0. The summed E-state index contributed by atoms with van der Waals surface area (Å²) in [5.41, 5.74) is -0.463. The minimum Gasteiger partial charge on any atom is -0.444 e.